The van der Waals surface area contributed by atoms with E-state index in [-0.39, 0.29) is 11.2 Å². The summed E-state index contributed by atoms with van der Waals surface area (Å²) in [6.45, 7) is 3.89. The van der Waals surface area contributed by atoms with Crippen LogP contribution in [0, 0.1) is 6.92 Å². The number of nitrogens with one attached hydrogen (secondary N) is 1. The number of nitrogens with zero attached hydrogens (tertiary/aromatic N) is 1. The SMILES string of the molecule is Cc1ccc(S[C@H](C)C(=O)N/N=C\c2ccco2)cc1. The molecule has 0 saturated heterocycles. The minimum Gasteiger partial charge on any atom is -0.463 e. The topological polar surface area (TPSA) is 54.6 Å². The fraction of sp³-hybridized carbons (Fsp3) is 0.200. The molecule has 2 rings (SSSR count). The monoisotopic (exact) mass is 288 g/mol. The molecule has 0 spiro atoms. The van der Waals surface area contributed by atoms with Crippen LogP contribution < -0.4 is 5.43 Å². The van der Waals surface area contributed by atoms with Crippen molar-refractivity contribution in [2.24, 2.45) is 5.10 Å². The Bertz CT molecular complexity index is 576. The molecule has 1 heterocycles. The second-order valence-corrected chi connectivity index (χ2v) is 5.74. The Morgan fingerprint density at radius 3 is 2.75 bits per heavy atom. The van der Waals surface area contributed by atoms with Crippen LogP contribution in [-0.4, -0.2) is 17.4 Å². The molecule has 1 aromatic heterocycles. The number of hydrogen-bond donors (Lipinski definition) is 1. The highest BCUT2D eigenvalue weighted by Gasteiger charge is 2.13. The second kappa shape index (κ2) is 6.96. The quantitative estimate of drug-likeness (QED) is 0.522. The van der Waals surface area contributed by atoms with E-state index in [2.05, 4.69) is 10.5 Å². The Kier molecular flexibility index (Phi) is 5.01. The Labute approximate surface area is 122 Å². The van der Waals surface area contributed by atoms with E-state index >= 15 is 0 Å². The molecule has 0 aliphatic carbocycles. The summed E-state index contributed by atoms with van der Waals surface area (Å²) >= 11 is 1.50. The first-order valence-electron chi connectivity index (χ1n) is 6.25. The third kappa shape index (κ3) is 4.28. The maximum atomic E-state index is 11.9. The van der Waals surface area contributed by atoms with Gasteiger partial charge in [-0.3, -0.25) is 4.79 Å². The van der Waals surface area contributed by atoms with Crippen LogP contribution in [0.25, 0.3) is 0 Å². The molecule has 0 unspecified atom stereocenters. The number of hydrazone groups is 1. The van der Waals surface area contributed by atoms with Crippen LogP contribution in [0.1, 0.15) is 18.2 Å². The van der Waals surface area contributed by atoms with Gasteiger partial charge in [-0.1, -0.05) is 17.7 Å². The highest BCUT2D eigenvalue weighted by atomic mass is 32.2. The van der Waals surface area contributed by atoms with Crippen molar-refractivity contribution in [2.75, 3.05) is 0 Å². The maximum Gasteiger partial charge on any atom is 0.253 e. The summed E-state index contributed by atoms with van der Waals surface area (Å²) < 4.78 is 5.08. The van der Waals surface area contributed by atoms with E-state index in [1.807, 2.05) is 38.1 Å². The standard InChI is InChI=1S/C15H16N2O2S/c1-11-5-7-14(8-6-11)20-12(2)15(18)17-16-10-13-4-3-9-19-13/h3-10,12H,1-2H3,(H,17,18)/b16-10-/t12-/m1/s1. The second-order valence-electron chi connectivity index (χ2n) is 4.32. The van der Waals surface area contributed by atoms with Gasteiger partial charge >= 0.3 is 0 Å². The summed E-state index contributed by atoms with van der Waals surface area (Å²) in [6.07, 6.45) is 3.03. The lowest BCUT2D eigenvalue weighted by Gasteiger charge is -2.09. The number of benzene rings is 1. The zero-order chi connectivity index (χ0) is 14.4. The first kappa shape index (κ1) is 14.4. The van der Waals surface area contributed by atoms with Gasteiger partial charge in [-0.15, -0.1) is 11.8 Å². The van der Waals surface area contributed by atoms with Crippen molar-refractivity contribution < 1.29 is 9.21 Å². The van der Waals surface area contributed by atoms with E-state index in [1.165, 1.54) is 23.5 Å². The molecular weight excluding hydrogens is 272 g/mol. The number of rotatable bonds is 5. The molecule has 0 aliphatic heterocycles. The van der Waals surface area contributed by atoms with Gasteiger partial charge in [0.15, 0.2) is 0 Å². The van der Waals surface area contributed by atoms with Crippen LogP contribution in [0.2, 0.25) is 0 Å². The molecular formula is C15H16N2O2S. The third-order valence-corrected chi connectivity index (χ3v) is 3.72. The number of carbonyl (C=O) groups is 1. The first-order valence-corrected chi connectivity index (χ1v) is 7.13. The van der Waals surface area contributed by atoms with Crippen LogP contribution in [-0.2, 0) is 4.79 Å². The number of hydrogen-bond acceptors (Lipinski definition) is 4. The van der Waals surface area contributed by atoms with Gasteiger partial charge in [0.25, 0.3) is 5.91 Å². The Hall–Kier alpha value is -2.01. The molecule has 1 aromatic carbocycles. The predicted molar refractivity (Wildman–Crippen MR) is 80.9 cm³/mol. The number of carbonyl (C=O) groups excluding carboxylic acids is 1. The van der Waals surface area contributed by atoms with Gasteiger partial charge in [0.05, 0.1) is 17.7 Å². The highest BCUT2D eigenvalue weighted by molar-refractivity contribution is 8.00. The lowest BCUT2D eigenvalue weighted by molar-refractivity contribution is -0.120. The van der Waals surface area contributed by atoms with Crippen LogP contribution in [0.5, 0.6) is 0 Å². The van der Waals surface area contributed by atoms with Crippen molar-refractivity contribution in [3.63, 3.8) is 0 Å². The van der Waals surface area contributed by atoms with E-state index in [9.17, 15) is 4.79 Å². The van der Waals surface area contributed by atoms with Crippen molar-refractivity contribution in [1.82, 2.24) is 5.43 Å². The third-order valence-electron chi connectivity index (χ3n) is 2.61. The summed E-state index contributed by atoms with van der Waals surface area (Å²) in [5.41, 5.74) is 3.71. The Morgan fingerprint density at radius 1 is 1.35 bits per heavy atom. The van der Waals surface area contributed by atoms with Gasteiger partial charge in [0.2, 0.25) is 0 Å². The van der Waals surface area contributed by atoms with Gasteiger partial charge in [-0.25, -0.2) is 5.43 Å². The predicted octanol–water partition coefficient (Wildman–Crippen LogP) is 3.22. The van der Waals surface area contributed by atoms with Gasteiger partial charge in [-0.2, -0.15) is 5.10 Å². The Morgan fingerprint density at radius 2 is 2.10 bits per heavy atom. The van der Waals surface area contributed by atoms with E-state index in [4.69, 9.17) is 4.42 Å². The molecule has 0 fully saturated rings. The normalized spacial score (nSPS) is 12.5. The first-order chi connectivity index (χ1) is 9.65. The van der Waals surface area contributed by atoms with Gasteiger partial charge in [0, 0.05) is 4.90 Å². The fourth-order valence-corrected chi connectivity index (χ4v) is 2.35. The van der Waals surface area contributed by atoms with Crippen LogP contribution in [0.15, 0.2) is 57.1 Å². The van der Waals surface area contributed by atoms with Gasteiger partial charge < -0.3 is 4.42 Å². The molecule has 1 N–H and O–H groups in total. The molecule has 20 heavy (non-hydrogen) atoms. The van der Waals surface area contributed by atoms with E-state index in [0.29, 0.717) is 5.76 Å². The number of amides is 1. The van der Waals surface area contributed by atoms with Crippen LogP contribution >= 0.6 is 11.8 Å². The lowest BCUT2D eigenvalue weighted by atomic mass is 10.2. The average molecular weight is 288 g/mol. The Balaban J connectivity index is 1.84. The molecule has 0 aliphatic rings. The summed E-state index contributed by atoms with van der Waals surface area (Å²) in [5.74, 6) is 0.461. The summed E-state index contributed by atoms with van der Waals surface area (Å²) in [7, 11) is 0. The van der Waals surface area contributed by atoms with Crippen LogP contribution in [0.4, 0.5) is 0 Å². The van der Waals surface area contributed by atoms with Crippen molar-refractivity contribution in [2.45, 2.75) is 24.0 Å². The minimum atomic E-state index is -0.216. The zero-order valence-corrected chi connectivity index (χ0v) is 12.2. The summed E-state index contributed by atoms with van der Waals surface area (Å²) in [4.78, 5) is 12.9. The largest absolute Gasteiger partial charge is 0.463 e. The number of thioether (sulfide) groups is 1. The molecule has 104 valence electrons. The molecule has 0 bridgehead atoms. The highest BCUT2D eigenvalue weighted by Crippen LogP contribution is 2.23. The smallest absolute Gasteiger partial charge is 0.253 e. The molecule has 1 amide bonds. The number of furan rings is 1. The van der Waals surface area contributed by atoms with Crippen LogP contribution in [0.3, 0.4) is 0 Å². The zero-order valence-electron chi connectivity index (χ0n) is 11.4. The van der Waals surface area contributed by atoms with E-state index < -0.39 is 0 Å². The summed E-state index contributed by atoms with van der Waals surface area (Å²) in [6, 6.07) is 11.6. The maximum absolute atomic E-state index is 11.9. The van der Waals surface area contributed by atoms with Gasteiger partial charge in [0.1, 0.15) is 5.76 Å². The lowest BCUT2D eigenvalue weighted by Crippen LogP contribution is -2.26. The van der Waals surface area contributed by atoms with Crippen molar-refractivity contribution in [3.05, 3.63) is 54.0 Å². The van der Waals surface area contributed by atoms with Gasteiger partial charge in [-0.05, 0) is 38.1 Å². The summed E-state index contributed by atoms with van der Waals surface area (Å²) in [5, 5.41) is 3.64. The van der Waals surface area contributed by atoms with Crippen molar-refractivity contribution >= 4 is 23.9 Å². The average Bonchev–Trinajstić information content (AvgIpc) is 2.94. The van der Waals surface area contributed by atoms with E-state index in [0.717, 1.165) is 4.90 Å². The minimum absolute atomic E-state index is 0.140. The molecule has 4 nitrogen and oxygen atoms in total. The molecule has 0 saturated carbocycles. The molecule has 0 radical (unpaired) electrons. The van der Waals surface area contributed by atoms with Crippen molar-refractivity contribution in [3.8, 4) is 0 Å². The number of aryl methyl sites for hydroxylation is 1. The fourth-order valence-electron chi connectivity index (χ4n) is 1.49. The molecule has 2 aromatic rings. The van der Waals surface area contributed by atoms with Crippen molar-refractivity contribution in [1.29, 1.82) is 0 Å². The molecule has 5 heteroatoms. The molecule has 1 atom stereocenters. The van der Waals surface area contributed by atoms with E-state index in [1.54, 1.807) is 18.4 Å².